The van der Waals surface area contributed by atoms with Crippen LogP contribution in [-0.4, -0.2) is 27.8 Å². The third-order valence-corrected chi connectivity index (χ3v) is 2.30. The minimum Gasteiger partial charge on any atom is -0.260 e. The van der Waals surface area contributed by atoms with Crippen molar-refractivity contribution in [3.05, 3.63) is 0 Å². The van der Waals surface area contributed by atoms with E-state index in [0.29, 0.717) is 0 Å². The molecule has 1 saturated heterocycles. The highest BCUT2D eigenvalue weighted by Crippen LogP contribution is 2.14. The number of thiol groups is 2. The maximum absolute atomic E-state index is 10.6. The molecule has 58 valence electrons. The lowest BCUT2D eigenvalue weighted by atomic mass is 10.4. The number of nitrogens with zero attached hydrogens (tertiary/aromatic N) is 2. The molecule has 1 heterocycles. The molecule has 5 heteroatoms. The quantitative estimate of drug-likeness (QED) is 0.589. The highest BCUT2D eigenvalue weighted by molar-refractivity contribution is 7.98. The molecule has 1 aliphatic rings. The molecule has 3 nitrogen and oxygen atoms in total. The topological polar surface area (TPSA) is 23.6 Å². The average molecular weight is 178 g/mol. The van der Waals surface area contributed by atoms with Gasteiger partial charge < -0.3 is 0 Å². The van der Waals surface area contributed by atoms with Gasteiger partial charge in [0, 0.05) is 13.1 Å². The van der Waals surface area contributed by atoms with Crippen LogP contribution in [0.3, 0.4) is 0 Å². The van der Waals surface area contributed by atoms with Gasteiger partial charge >= 0.3 is 5.24 Å². The van der Waals surface area contributed by atoms with Crippen molar-refractivity contribution in [2.24, 2.45) is 0 Å². The van der Waals surface area contributed by atoms with E-state index >= 15 is 0 Å². The van der Waals surface area contributed by atoms with Crippen LogP contribution < -0.4 is 0 Å². The fraction of sp³-hybridized carbons (Fsp3) is 0.800. The molecule has 0 atom stereocenters. The van der Waals surface area contributed by atoms with Gasteiger partial charge in [-0.2, -0.15) is 0 Å². The predicted molar refractivity (Wildman–Crippen MR) is 46.0 cm³/mol. The van der Waals surface area contributed by atoms with Crippen LogP contribution in [-0.2, 0) is 0 Å². The van der Waals surface area contributed by atoms with Crippen LogP contribution in [0.2, 0.25) is 0 Å². The summed E-state index contributed by atoms with van der Waals surface area (Å²) >= 11 is 7.59. The number of carbonyl (C=O) groups excluding carboxylic acids is 1. The number of rotatable bonds is 1. The Balaban J connectivity index is 2.39. The molecular weight excluding hydrogens is 168 g/mol. The van der Waals surface area contributed by atoms with E-state index in [-0.39, 0.29) is 5.24 Å². The van der Waals surface area contributed by atoms with Gasteiger partial charge in [-0.05, 0) is 25.7 Å². The second kappa shape index (κ2) is 3.50. The summed E-state index contributed by atoms with van der Waals surface area (Å²) in [7, 11) is 0. The highest BCUT2D eigenvalue weighted by Gasteiger charge is 2.18. The lowest BCUT2D eigenvalue weighted by Crippen LogP contribution is -2.35. The van der Waals surface area contributed by atoms with Crippen LogP contribution in [0, 0.1) is 0 Å². The Hall–Kier alpha value is 0.130. The largest absolute Gasteiger partial charge is 0.303 e. The fourth-order valence-corrected chi connectivity index (χ4v) is 1.32. The van der Waals surface area contributed by atoms with Gasteiger partial charge in [-0.3, -0.25) is 4.79 Å². The van der Waals surface area contributed by atoms with E-state index in [1.807, 2.05) is 5.01 Å². The first-order valence-corrected chi connectivity index (χ1v) is 4.03. The van der Waals surface area contributed by atoms with Gasteiger partial charge in [-0.15, -0.1) is 0 Å². The van der Waals surface area contributed by atoms with E-state index in [2.05, 4.69) is 25.4 Å². The minimum absolute atomic E-state index is 0.315. The summed E-state index contributed by atoms with van der Waals surface area (Å²) in [5.41, 5.74) is 0. The maximum atomic E-state index is 10.6. The molecular formula is C5H10N2OS2. The number of amides is 1. The first-order chi connectivity index (χ1) is 4.72. The van der Waals surface area contributed by atoms with Gasteiger partial charge in [0.25, 0.3) is 0 Å². The maximum Gasteiger partial charge on any atom is 0.303 e. The summed E-state index contributed by atoms with van der Waals surface area (Å²) in [4.78, 5) is 10.6. The van der Waals surface area contributed by atoms with Crippen LogP contribution in [0.1, 0.15) is 12.8 Å². The number of hydrazine groups is 1. The molecule has 1 rings (SSSR count). The lowest BCUT2D eigenvalue weighted by Gasteiger charge is -2.23. The van der Waals surface area contributed by atoms with E-state index in [0.717, 1.165) is 25.9 Å². The summed E-state index contributed by atoms with van der Waals surface area (Å²) in [6.07, 6.45) is 2.27. The van der Waals surface area contributed by atoms with Gasteiger partial charge in [0.05, 0.1) is 0 Å². The van der Waals surface area contributed by atoms with E-state index in [1.165, 1.54) is 4.41 Å². The average Bonchev–Trinajstić information content (AvgIpc) is 2.36. The molecule has 0 saturated carbocycles. The summed E-state index contributed by atoms with van der Waals surface area (Å²) in [5.74, 6) is 0. The van der Waals surface area contributed by atoms with Gasteiger partial charge in [0.1, 0.15) is 0 Å². The van der Waals surface area contributed by atoms with Crippen molar-refractivity contribution >= 4 is 30.7 Å². The molecule has 0 aromatic rings. The van der Waals surface area contributed by atoms with Gasteiger partial charge in [-0.25, -0.2) is 9.42 Å². The zero-order valence-corrected chi connectivity index (χ0v) is 7.31. The Morgan fingerprint density at radius 1 is 1.40 bits per heavy atom. The lowest BCUT2D eigenvalue weighted by molar-refractivity contribution is 0.141. The third kappa shape index (κ3) is 1.81. The highest BCUT2D eigenvalue weighted by atomic mass is 32.1. The Labute approximate surface area is 71.3 Å². The van der Waals surface area contributed by atoms with Crippen molar-refractivity contribution in [1.82, 2.24) is 9.42 Å². The van der Waals surface area contributed by atoms with E-state index < -0.39 is 0 Å². The third-order valence-electron chi connectivity index (χ3n) is 1.52. The van der Waals surface area contributed by atoms with Gasteiger partial charge in [-0.1, -0.05) is 12.6 Å². The Kier molecular flexibility index (Phi) is 2.88. The summed E-state index contributed by atoms with van der Waals surface area (Å²) in [6.45, 7) is 1.83. The van der Waals surface area contributed by atoms with Crippen LogP contribution in [0.4, 0.5) is 4.79 Å². The second-order valence-corrected chi connectivity index (χ2v) is 2.99. The summed E-state index contributed by atoms with van der Waals surface area (Å²) < 4.78 is 1.26. The van der Waals surface area contributed by atoms with E-state index in [1.54, 1.807) is 0 Å². The molecule has 1 aliphatic heterocycles. The van der Waals surface area contributed by atoms with Crippen LogP contribution in [0.25, 0.3) is 0 Å². The normalized spacial score (nSPS) is 19.4. The molecule has 0 bridgehead atoms. The van der Waals surface area contributed by atoms with Crippen LogP contribution in [0.15, 0.2) is 0 Å². The second-order valence-electron chi connectivity index (χ2n) is 2.23. The SMILES string of the molecule is O=C(S)N(S)N1CCCC1. The molecule has 0 spiro atoms. The number of hydrogen-bond donors (Lipinski definition) is 2. The molecule has 0 N–H and O–H groups in total. The van der Waals surface area contributed by atoms with Crippen molar-refractivity contribution in [2.45, 2.75) is 12.8 Å². The van der Waals surface area contributed by atoms with Crippen molar-refractivity contribution in [3.63, 3.8) is 0 Å². The van der Waals surface area contributed by atoms with Crippen molar-refractivity contribution < 1.29 is 4.79 Å². The molecule has 0 radical (unpaired) electrons. The summed E-state index contributed by atoms with van der Waals surface area (Å²) in [5, 5.41) is 1.56. The zero-order valence-electron chi connectivity index (χ0n) is 5.53. The van der Waals surface area contributed by atoms with Gasteiger partial charge in [0.2, 0.25) is 0 Å². The van der Waals surface area contributed by atoms with Crippen LogP contribution in [0.5, 0.6) is 0 Å². The first-order valence-electron chi connectivity index (χ1n) is 3.18. The molecule has 10 heavy (non-hydrogen) atoms. The first kappa shape index (κ1) is 8.23. The summed E-state index contributed by atoms with van der Waals surface area (Å²) in [6, 6.07) is 0. The van der Waals surface area contributed by atoms with E-state index in [9.17, 15) is 4.79 Å². The van der Waals surface area contributed by atoms with Crippen molar-refractivity contribution in [3.8, 4) is 0 Å². The molecule has 1 amide bonds. The van der Waals surface area contributed by atoms with Gasteiger partial charge in [0.15, 0.2) is 0 Å². The predicted octanol–water partition coefficient (Wildman–Crippen LogP) is 1.19. The monoisotopic (exact) mass is 178 g/mol. The standard InChI is InChI=1S/C5H10N2OS2/c8-5(9)7(10)6-3-1-2-4-6/h10H,1-4H2,(H,8,9). The Morgan fingerprint density at radius 3 is 2.30 bits per heavy atom. The molecule has 0 aromatic heterocycles. The molecule has 1 fully saturated rings. The van der Waals surface area contributed by atoms with Crippen molar-refractivity contribution in [2.75, 3.05) is 13.1 Å². The van der Waals surface area contributed by atoms with Crippen LogP contribution >= 0.6 is 25.4 Å². The Morgan fingerprint density at radius 2 is 1.90 bits per heavy atom. The molecule has 0 unspecified atom stereocenters. The Bertz CT molecular complexity index is 136. The van der Waals surface area contributed by atoms with Crippen molar-refractivity contribution in [1.29, 1.82) is 0 Å². The minimum atomic E-state index is -0.315. The zero-order chi connectivity index (χ0) is 7.56. The molecule has 0 aliphatic carbocycles. The molecule has 0 aromatic carbocycles. The number of hydrogen-bond acceptors (Lipinski definition) is 3. The fourth-order valence-electron chi connectivity index (χ4n) is 1.01. The number of carbonyl (C=O) groups is 1. The smallest absolute Gasteiger partial charge is 0.260 e. The van der Waals surface area contributed by atoms with E-state index in [4.69, 9.17) is 0 Å².